The van der Waals surface area contributed by atoms with Crippen LogP contribution in [0.5, 0.6) is 0 Å². The van der Waals surface area contributed by atoms with Crippen molar-refractivity contribution in [3.05, 3.63) is 41.3 Å². The van der Waals surface area contributed by atoms with Crippen LogP contribution in [-0.2, 0) is 6.54 Å². The van der Waals surface area contributed by atoms with Crippen LogP contribution in [0.2, 0.25) is 0 Å². The predicted molar refractivity (Wildman–Crippen MR) is 66.3 cm³/mol. The molecule has 2 N–H and O–H groups in total. The summed E-state index contributed by atoms with van der Waals surface area (Å²) in [6, 6.07) is 8.33. The van der Waals surface area contributed by atoms with Crippen LogP contribution in [0.25, 0.3) is 11.3 Å². The number of nitrogens with zero attached hydrogens (tertiary/aromatic N) is 1. The number of hydrogen-bond donors (Lipinski definition) is 2. The molecule has 0 spiro atoms. The van der Waals surface area contributed by atoms with Gasteiger partial charge in [-0.05, 0) is 26.5 Å². The number of H-pyrrole nitrogens is 1. The molecule has 2 aromatic rings. The fourth-order valence-electron chi connectivity index (χ4n) is 1.87. The molecule has 0 aliphatic carbocycles. The van der Waals surface area contributed by atoms with Gasteiger partial charge < -0.3 is 10.3 Å². The molecule has 0 amide bonds. The summed E-state index contributed by atoms with van der Waals surface area (Å²) < 4.78 is 0. The van der Waals surface area contributed by atoms with Crippen LogP contribution in [0.3, 0.4) is 0 Å². The van der Waals surface area contributed by atoms with Gasteiger partial charge in [0.2, 0.25) is 0 Å². The Morgan fingerprint density at radius 3 is 2.69 bits per heavy atom. The first kappa shape index (κ1) is 10.9. The van der Waals surface area contributed by atoms with Gasteiger partial charge in [0, 0.05) is 11.3 Å². The standard InChI is InChI=1S/C13H17N3/c1-9-6-4-5-7-11(9)13-10(2)15-12(16-13)8-14-3/h4-7,14H,8H2,1-3H3,(H,15,16). The van der Waals surface area contributed by atoms with Gasteiger partial charge in [-0.3, -0.25) is 0 Å². The van der Waals surface area contributed by atoms with Crippen molar-refractivity contribution in [2.24, 2.45) is 0 Å². The Morgan fingerprint density at radius 1 is 1.25 bits per heavy atom. The normalized spacial score (nSPS) is 10.7. The van der Waals surface area contributed by atoms with Gasteiger partial charge in [0.25, 0.3) is 0 Å². The van der Waals surface area contributed by atoms with E-state index in [-0.39, 0.29) is 0 Å². The molecular weight excluding hydrogens is 198 g/mol. The molecule has 0 fully saturated rings. The van der Waals surface area contributed by atoms with Crippen LogP contribution in [0, 0.1) is 13.8 Å². The Morgan fingerprint density at radius 2 is 2.00 bits per heavy atom. The van der Waals surface area contributed by atoms with Gasteiger partial charge in [-0.2, -0.15) is 0 Å². The van der Waals surface area contributed by atoms with Crippen molar-refractivity contribution in [1.29, 1.82) is 0 Å². The summed E-state index contributed by atoms with van der Waals surface area (Å²) in [7, 11) is 1.92. The Labute approximate surface area is 95.9 Å². The van der Waals surface area contributed by atoms with E-state index in [0.717, 1.165) is 23.8 Å². The Hall–Kier alpha value is -1.61. The first-order chi connectivity index (χ1) is 7.72. The van der Waals surface area contributed by atoms with Gasteiger partial charge in [0.15, 0.2) is 0 Å². The third-order valence-electron chi connectivity index (χ3n) is 2.68. The highest BCUT2D eigenvalue weighted by Crippen LogP contribution is 2.24. The summed E-state index contributed by atoms with van der Waals surface area (Å²) in [6.07, 6.45) is 0. The second-order valence-electron chi connectivity index (χ2n) is 4.00. The Balaban J connectivity index is 2.44. The average Bonchev–Trinajstić information content (AvgIpc) is 2.61. The molecule has 0 atom stereocenters. The lowest BCUT2D eigenvalue weighted by molar-refractivity contribution is 0.770. The van der Waals surface area contributed by atoms with Gasteiger partial charge in [-0.15, -0.1) is 0 Å². The molecule has 0 saturated carbocycles. The van der Waals surface area contributed by atoms with Crippen molar-refractivity contribution in [3.8, 4) is 11.3 Å². The Bertz CT molecular complexity index is 486. The van der Waals surface area contributed by atoms with Crippen LogP contribution in [0.4, 0.5) is 0 Å². The minimum absolute atomic E-state index is 0.771. The molecule has 1 aromatic carbocycles. The van der Waals surface area contributed by atoms with Crippen LogP contribution >= 0.6 is 0 Å². The summed E-state index contributed by atoms with van der Waals surface area (Å²) in [5, 5.41) is 3.10. The van der Waals surface area contributed by atoms with Crippen molar-refractivity contribution in [1.82, 2.24) is 15.3 Å². The zero-order valence-corrected chi connectivity index (χ0v) is 9.96. The highest BCUT2D eigenvalue weighted by Gasteiger charge is 2.09. The highest BCUT2D eigenvalue weighted by molar-refractivity contribution is 5.65. The number of nitrogens with one attached hydrogen (secondary N) is 2. The van der Waals surface area contributed by atoms with Gasteiger partial charge in [0.1, 0.15) is 5.82 Å². The largest absolute Gasteiger partial charge is 0.344 e. The second kappa shape index (κ2) is 4.49. The lowest BCUT2D eigenvalue weighted by Gasteiger charge is -2.02. The third kappa shape index (κ3) is 1.99. The number of rotatable bonds is 3. The summed E-state index contributed by atoms with van der Waals surface area (Å²) in [6.45, 7) is 4.95. The molecule has 3 nitrogen and oxygen atoms in total. The molecule has 0 bridgehead atoms. The minimum atomic E-state index is 0.771. The van der Waals surface area contributed by atoms with Crippen molar-refractivity contribution < 1.29 is 0 Å². The first-order valence-electron chi connectivity index (χ1n) is 5.48. The van der Waals surface area contributed by atoms with E-state index in [1.807, 2.05) is 13.1 Å². The molecular formula is C13H17N3. The summed E-state index contributed by atoms with van der Waals surface area (Å²) >= 11 is 0. The van der Waals surface area contributed by atoms with Gasteiger partial charge in [-0.25, -0.2) is 4.98 Å². The zero-order valence-electron chi connectivity index (χ0n) is 9.96. The van der Waals surface area contributed by atoms with E-state index in [4.69, 9.17) is 0 Å². The maximum Gasteiger partial charge on any atom is 0.121 e. The first-order valence-corrected chi connectivity index (χ1v) is 5.48. The molecule has 3 heteroatoms. The minimum Gasteiger partial charge on any atom is -0.344 e. The van der Waals surface area contributed by atoms with E-state index in [1.165, 1.54) is 11.1 Å². The third-order valence-corrected chi connectivity index (χ3v) is 2.68. The number of imidazole rings is 1. The molecule has 2 rings (SSSR count). The number of aromatic amines is 1. The topological polar surface area (TPSA) is 40.7 Å². The van der Waals surface area contributed by atoms with Crippen LogP contribution in [0.15, 0.2) is 24.3 Å². The van der Waals surface area contributed by atoms with E-state index in [2.05, 4.69) is 47.3 Å². The maximum atomic E-state index is 4.61. The molecule has 0 aliphatic heterocycles. The van der Waals surface area contributed by atoms with Crippen molar-refractivity contribution in [2.75, 3.05) is 7.05 Å². The van der Waals surface area contributed by atoms with Gasteiger partial charge in [0.05, 0.1) is 12.2 Å². The average molecular weight is 215 g/mol. The van der Waals surface area contributed by atoms with Gasteiger partial charge >= 0.3 is 0 Å². The number of benzene rings is 1. The zero-order chi connectivity index (χ0) is 11.5. The van der Waals surface area contributed by atoms with Crippen LogP contribution < -0.4 is 5.32 Å². The molecule has 1 heterocycles. The van der Waals surface area contributed by atoms with E-state index >= 15 is 0 Å². The molecule has 1 aromatic heterocycles. The monoisotopic (exact) mass is 215 g/mol. The molecule has 0 saturated heterocycles. The summed E-state index contributed by atoms with van der Waals surface area (Å²) in [4.78, 5) is 7.91. The van der Waals surface area contributed by atoms with Crippen molar-refractivity contribution in [3.63, 3.8) is 0 Å². The smallest absolute Gasteiger partial charge is 0.121 e. The Kier molecular flexibility index (Phi) is 3.06. The summed E-state index contributed by atoms with van der Waals surface area (Å²) in [5.74, 6) is 0.984. The molecule has 0 radical (unpaired) electrons. The predicted octanol–water partition coefficient (Wildman–Crippen LogP) is 2.41. The fourth-order valence-corrected chi connectivity index (χ4v) is 1.87. The van der Waals surface area contributed by atoms with E-state index in [0.29, 0.717) is 0 Å². The van der Waals surface area contributed by atoms with E-state index in [9.17, 15) is 0 Å². The quantitative estimate of drug-likeness (QED) is 0.825. The van der Waals surface area contributed by atoms with Gasteiger partial charge in [-0.1, -0.05) is 24.3 Å². The maximum absolute atomic E-state index is 4.61. The van der Waals surface area contributed by atoms with Crippen molar-refractivity contribution in [2.45, 2.75) is 20.4 Å². The fraction of sp³-hybridized carbons (Fsp3) is 0.308. The number of aryl methyl sites for hydroxylation is 2. The molecule has 16 heavy (non-hydrogen) atoms. The summed E-state index contributed by atoms with van der Waals surface area (Å²) in [5.41, 5.74) is 4.65. The molecule has 0 aliphatic rings. The molecule has 0 unspecified atom stereocenters. The van der Waals surface area contributed by atoms with Crippen molar-refractivity contribution >= 4 is 0 Å². The van der Waals surface area contributed by atoms with Crippen LogP contribution in [0.1, 0.15) is 17.1 Å². The SMILES string of the molecule is CNCc1nc(-c2ccccc2C)c(C)[nH]1. The number of aromatic nitrogens is 2. The highest BCUT2D eigenvalue weighted by atomic mass is 15.0. The lowest BCUT2D eigenvalue weighted by atomic mass is 10.1. The van der Waals surface area contributed by atoms with E-state index in [1.54, 1.807) is 0 Å². The second-order valence-corrected chi connectivity index (χ2v) is 4.00. The number of hydrogen-bond acceptors (Lipinski definition) is 2. The van der Waals surface area contributed by atoms with Crippen LogP contribution in [-0.4, -0.2) is 17.0 Å². The lowest BCUT2D eigenvalue weighted by Crippen LogP contribution is -2.06. The molecule has 84 valence electrons. The van der Waals surface area contributed by atoms with E-state index < -0.39 is 0 Å².